The number of hydrogen-bond donors (Lipinski definition) is 1. The van der Waals surface area contributed by atoms with Crippen molar-refractivity contribution in [1.82, 2.24) is 14.5 Å². The molecule has 5 nitrogen and oxygen atoms in total. The van der Waals surface area contributed by atoms with Crippen molar-refractivity contribution >= 4 is 50.0 Å². The molecule has 0 aliphatic heterocycles. The zero-order chi connectivity index (χ0) is 20.0. The average molecular weight is 412 g/mol. The molecule has 7 heteroatoms. The van der Waals surface area contributed by atoms with Gasteiger partial charge in [-0.2, -0.15) is 0 Å². The molecule has 0 fully saturated rings. The monoisotopic (exact) mass is 411 g/mol. The van der Waals surface area contributed by atoms with E-state index in [4.69, 9.17) is 4.98 Å². The van der Waals surface area contributed by atoms with Crippen molar-refractivity contribution in [2.75, 3.05) is 5.75 Å². The Labute approximate surface area is 170 Å². The third-order valence-electron chi connectivity index (χ3n) is 4.94. The van der Waals surface area contributed by atoms with Crippen LogP contribution in [0.4, 0.5) is 0 Å². The van der Waals surface area contributed by atoms with E-state index in [0.717, 1.165) is 26.2 Å². The fourth-order valence-electron chi connectivity index (χ4n) is 3.35. The first-order chi connectivity index (χ1) is 13.4. The number of H-pyrrole nitrogens is 1. The van der Waals surface area contributed by atoms with Crippen LogP contribution in [-0.4, -0.2) is 26.1 Å². The van der Waals surface area contributed by atoms with Gasteiger partial charge in [0.15, 0.2) is 10.9 Å². The highest BCUT2D eigenvalue weighted by Crippen LogP contribution is 2.30. The third-order valence-corrected chi connectivity index (χ3v) is 6.99. The second kappa shape index (κ2) is 7.22. The minimum Gasteiger partial charge on any atom is -0.360 e. The molecule has 0 aliphatic rings. The van der Waals surface area contributed by atoms with E-state index in [1.54, 1.807) is 10.8 Å². The number of Topliss-reactive ketones (excluding diaryl/α,β-unsaturated/α-hetero) is 1. The molecule has 1 N–H and O–H groups in total. The number of aromatic amines is 1. The lowest BCUT2D eigenvalue weighted by Crippen LogP contribution is -2.25. The van der Waals surface area contributed by atoms with Crippen molar-refractivity contribution in [2.24, 2.45) is 0 Å². The van der Waals surface area contributed by atoms with E-state index in [-0.39, 0.29) is 23.1 Å². The molecular weight excluding hydrogens is 390 g/mol. The van der Waals surface area contributed by atoms with E-state index in [9.17, 15) is 9.59 Å². The summed E-state index contributed by atoms with van der Waals surface area (Å²) < 4.78 is 1.70. The lowest BCUT2D eigenvalue weighted by molar-refractivity contribution is 0.102. The molecule has 0 unspecified atom stereocenters. The largest absolute Gasteiger partial charge is 0.360 e. The lowest BCUT2D eigenvalue weighted by atomic mass is 10.1. The number of aryl methyl sites for hydroxylation is 2. The number of benzene rings is 1. The smallest absolute Gasteiger partial charge is 0.263 e. The maximum atomic E-state index is 13.1. The molecule has 0 saturated heterocycles. The van der Waals surface area contributed by atoms with Crippen LogP contribution in [0.25, 0.3) is 21.1 Å². The number of carbonyl (C=O) groups excluding carboxylic acids is 1. The van der Waals surface area contributed by atoms with Gasteiger partial charge < -0.3 is 4.98 Å². The highest BCUT2D eigenvalue weighted by molar-refractivity contribution is 7.99. The molecule has 28 heavy (non-hydrogen) atoms. The highest BCUT2D eigenvalue weighted by atomic mass is 32.2. The number of aromatic nitrogens is 3. The Bertz CT molecular complexity index is 1260. The summed E-state index contributed by atoms with van der Waals surface area (Å²) in [7, 11) is 0. The number of carbonyl (C=O) groups is 1. The van der Waals surface area contributed by atoms with Crippen molar-refractivity contribution in [3.05, 3.63) is 56.8 Å². The quantitative estimate of drug-likeness (QED) is 0.281. The second-order valence-corrected chi connectivity index (χ2v) is 9.23. The van der Waals surface area contributed by atoms with E-state index in [0.29, 0.717) is 16.1 Å². The third kappa shape index (κ3) is 3.08. The molecule has 3 heterocycles. The van der Waals surface area contributed by atoms with Gasteiger partial charge in [0.2, 0.25) is 0 Å². The number of hydrogen-bond acceptors (Lipinski definition) is 5. The predicted octanol–water partition coefficient (Wildman–Crippen LogP) is 5.11. The topological polar surface area (TPSA) is 67.8 Å². The highest BCUT2D eigenvalue weighted by Gasteiger charge is 2.20. The first kappa shape index (κ1) is 19.0. The van der Waals surface area contributed by atoms with Crippen LogP contribution >= 0.6 is 23.1 Å². The summed E-state index contributed by atoms with van der Waals surface area (Å²) in [5, 5.41) is 2.22. The molecule has 0 aliphatic carbocycles. The van der Waals surface area contributed by atoms with Crippen molar-refractivity contribution in [3.63, 3.8) is 0 Å². The van der Waals surface area contributed by atoms with E-state index in [1.165, 1.54) is 23.1 Å². The molecule has 0 bridgehead atoms. The van der Waals surface area contributed by atoms with Crippen molar-refractivity contribution < 1.29 is 4.79 Å². The maximum Gasteiger partial charge on any atom is 0.263 e. The van der Waals surface area contributed by atoms with Crippen LogP contribution in [0.2, 0.25) is 0 Å². The van der Waals surface area contributed by atoms with Crippen LogP contribution in [0.5, 0.6) is 0 Å². The normalized spacial score (nSPS) is 11.8. The van der Waals surface area contributed by atoms with Gasteiger partial charge in [-0.25, -0.2) is 4.98 Å². The van der Waals surface area contributed by atoms with Crippen LogP contribution in [-0.2, 0) is 0 Å². The number of rotatable bonds is 5. The summed E-state index contributed by atoms with van der Waals surface area (Å²) in [6, 6.07) is 7.72. The molecule has 144 valence electrons. The summed E-state index contributed by atoms with van der Waals surface area (Å²) in [6.07, 6.45) is 1.76. The zero-order valence-electron chi connectivity index (χ0n) is 16.2. The van der Waals surface area contributed by atoms with Crippen molar-refractivity contribution in [2.45, 2.75) is 38.9 Å². The van der Waals surface area contributed by atoms with Crippen LogP contribution in [0.1, 0.15) is 40.7 Å². The molecule has 0 amide bonds. The second-order valence-electron chi connectivity index (χ2n) is 7.09. The molecule has 0 saturated carbocycles. The minimum atomic E-state index is -0.0327. The standard InChI is InChI=1S/C21H21N3O2S2/c1-11(2)24-20(26)18-12(3)13(4)28-19(18)23-21(24)27-10-17(25)15-9-22-16-8-6-5-7-14(15)16/h5-9,11,22H,10H2,1-4H3. The Hall–Kier alpha value is -2.38. The summed E-state index contributed by atoms with van der Waals surface area (Å²) in [6.45, 7) is 7.91. The Balaban J connectivity index is 1.70. The summed E-state index contributed by atoms with van der Waals surface area (Å²) in [5.41, 5.74) is 2.59. The summed E-state index contributed by atoms with van der Waals surface area (Å²) in [4.78, 5) is 35.7. The Kier molecular flexibility index (Phi) is 4.89. The van der Waals surface area contributed by atoms with E-state index >= 15 is 0 Å². The summed E-state index contributed by atoms with van der Waals surface area (Å²) >= 11 is 2.86. The zero-order valence-corrected chi connectivity index (χ0v) is 17.8. The molecule has 4 aromatic rings. The number of ketones is 1. The van der Waals surface area contributed by atoms with Crippen LogP contribution in [0.3, 0.4) is 0 Å². The first-order valence-electron chi connectivity index (χ1n) is 9.12. The van der Waals surface area contributed by atoms with Gasteiger partial charge in [-0.15, -0.1) is 11.3 Å². The van der Waals surface area contributed by atoms with Crippen LogP contribution in [0.15, 0.2) is 40.4 Å². The van der Waals surface area contributed by atoms with Gasteiger partial charge in [-0.3, -0.25) is 14.2 Å². The average Bonchev–Trinajstić information content (AvgIpc) is 3.21. The molecular formula is C21H21N3O2S2. The number of nitrogens with one attached hydrogen (secondary N) is 1. The van der Waals surface area contributed by atoms with Crippen molar-refractivity contribution in [1.29, 1.82) is 0 Å². The fourth-order valence-corrected chi connectivity index (χ4v) is 5.44. The van der Waals surface area contributed by atoms with Crippen molar-refractivity contribution in [3.8, 4) is 0 Å². The van der Waals surface area contributed by atoms with Gasteiger partial charge in [-0.1, -0.05) is 30.0 Å². The van der Waals surface area contributed by atoms with E-state index < -0.39 is 0 Å². The predicted molar refractivity (Wildman–Crippen MR) is 117 cm³/mol. The maximum absolute atomic E-state index is 13.1. The molecule has 0 atom stereocenters. The Morgan fingerprint density at radius 1 is 1.29 bits per heavy atom. The van der Waals surface area contributed by atoms with Gasteiger partial charge in [0.1, 0.15) is 4.83 Å². The SMILES string of the molecule is Cc1sc2nc(SCC(=O)c3c[nH]c4ccccc34)n(C(C)C)c(=O)c2c1C. The van der Waals surface area contributed by atoms with Gasteiger partial charge in [-0.05, 0) is 39.3 Å². The molecule has 0 radical (unpaired) electrons. The molecule has 4 rings (SSSR count). The number of nitrogens with zero attached hydrogens (tertiary/aromatic N) is 2. The lowest BCUT2D eigenvalue weighted by Gasteiger charge is -2.15. The van der Waals surface area contributed by atoms with E-state index in [1.807, 2.05) is 52.0 Å². The Morgan fingerprint density at radius 3 is 2.79 bits per heavy atom. The minimum absolute atomic E-state index is 0.0191. The Morgan fingerprint density at radius 2 is 2.04 bits per heavy atom. The number of para-hydroxylation sites is 1. The number of thiophene rings is 1. The van der Waals surface area contributed by atoms with Crippen LogP contribution in [0, 0.1) is 13.8 Å². The first-order valence-corrected chi connectivity index (χ1v) is 10.9. The molecule has 0 spiro atoms. The van der Waals surface area contributed by atoms with E-state index in [2.05, 4.69) is 4.98 Å². The number of fused-ring (bicyclic) bond motifs is 2. The van der Waals surface area contributed by atoms with Gasteiger partial charge in [0, 0.05) is 33.6 Å². The van der Waals surface area contributed by atoms with Gasteiger partial charge >= 0.3 is 0 Å². The molecule has 1 aromatic carbocycles. The van der Waals surface area contributed by atoms with Gasteiger partial charge in [0.05, 0.1) is 11.1 Å². The molecule has 3 aromatic heterocycles. The number of thioether (sulfide) groups is 1. The fraction of sp³-hybridized carbons (Fsp3) is 0.286. The summed E-state index contributed by atoms with van der Waals surface area (Å²) in [5.74, 6) is 0.251. The van der Waals surface area contributed by atoms with Crippen LogP contribution < -0.4 is 5.56 Å². The van der Waals surface area contributed by atoms with Gasteiger partial charge in [0.25, 0.3) is 5.56 Å².